The van der Waals surface area contributed by atoms with Crippen LogP contribution in [0.2, 0.25) is 0 Å². The quantitative estimate of drug-likeness (QED) is 0.397. The molecule has 0 atom stereocenters. The molecular weight excluding hydrogens is 168 g/mol. The van der Waals surface area contributed by atoms with Crippen LogP contribution in [-0.2, 0) is 0 Å². The van der Waals surface area contributed by atoms with Gasteiger partial charge >= 0.3 is 0 Å². The minimum atomic E-state index is 0. The Morgan fingerprint density at radius 3 is 0.429 bits per heavy atom. The molecule has 0 heterocycles. The molecule has 98 valence electrons. The van der Waals surface area contributed by atoms with E-state index in [-0.39, 0.29) is 7.43 Å². The van der Waals surface area contributed by atoms with Crippen LogP contribution in [0.25, 0.3) is 0 Å². The second-order valence-electron chi connectivity index (χ2n) is 0.707. The van der Waals surface area contributed by atoms with E-state index in [0.717, 1.165) is 0 Å². The summed E-state index contributed by atoms with van der Waals surface area (Å²) in [4.78, 5) is 0. The van der Waals surface area contributed by atoms with Crippen LogP contribution in [-0.4, -0.2) is 0 Å². The van der Waals surface area contributed by atoms with E-state index in [1.54, 1.807) is 0 Å². The Balaban J connectivity index is -0.00000000838. The van der Waals surface area contributed by atoms with Gasteiger partial charge in [-0.15, -0.1) is 0 Å². The first kappa shape index (κ1) is 48.3. The molecule has 0 nitrogen and oxygen atoms in total. The molecular formula is C14H42. The van der Waals surface area contributed by atoms with Gasteiger partial charge in [-0.05, 0) is 0 Å². The molecule has 0 heteroatoms. The van der Waals surface area contributed by atoms with Crippen molar-refractivity contribution < 1.29 is 0 Å². The predicted octanol–water partition coefficient (Wildman–Crippen LogP) is 7.18. The average Bonchev–Trinajstić information content (AvgIpc) is 2.32. The predicted molar refractivity (Wildman–Crippen MR) is 79.4 cm³/mol. The van der Waals surface area contributed by atoms with E-state index in [0.29, 0.717) is 0 Å². The van der Waals surface area contributed by atoms with Gasteiger partial charge in [0.2, 0.25) is 0 Å². The molecule has 0 rings (SSSR count). The number of rotatable bonds is 0. The van der Waals surface area contributed by atoms with Gasteiger partial charge in [-0.1, -0.05) is 96.9 Å². The van der Waals surface area contributed by atoms with Crippen LogP contribution in [0.15, 0.2) is 0 Å². The summed E-state index contributed by atoms with van der Waals surface area (Å²) in [6.07, 6.45) is 1.25. The van der Waals surface area contributed by atoms with Crippen molar-refractivity contribution in [3.05, 3.63) is 0 Å². The third kappa shape index (κ3) is 0. The van der Waals surface area contributed by atoms with Crippen molar-refractivity contribution in [1.82, 2.24) is 0 Å². The Morgan fingerprint density at radius 2 is 0.429 bits per heavy atom. The van der Waals surface area contributed by atoms with Crippen molar-refractivity contribution in [2.45, 2.75) is 96.9 Å². The average molecular weight is 210 g/mol. The van der Waals surface area contributed by atoms with Crippen molar-refractivity contribution in [2.24, 2.45) is 0 Å². The lowest BCUT2D eigenvalue weighted by Crippen LogP contribution is -1.27. The Kier molecular flexibility index (Phi) is 6460. The minimum Gasteiger partial charge on any atom is -0.0776 e. The fourth-order valence-corrected chi connectivity index (χ4v) is 0. The maximum atomic E-state index is 2.12. The van der Waals surface area contributed by atoms with E-state index in [1.165, 1.54) is 6.42 Å². The van der Waals surface area contributed by atoms with E-state index in [1.807, 2.05) is 69.2 Å². The molecule has 0 bridgehead atoms. The molecule has 0 amide bonds. The maximum Gasteiger partial charge on any atom is -0.0590 e. The van der Waals surface area contributed by atoms with Gasteiger partial charge in [-0.25, -0.2) is 0 Å². The normalized spacial score (nSPS) is 3.43. The summed E-state index contributed by atoms with van der Waals surface area (Å²) in [5, 5.41) is 0. The van der Waals surface area contributed by atoms with Crippen LogP contribution in [0, 0.1) is 0 Å². The van der Waals surface area contributed by atoms with Gasteiger partial charge in [0.05, 0.1) is 0 Å². The zero-order valence-corrected chi connectivity index (χ0v) is 12.7. The van der Waals surface area contributed by atoms with E-state index in [2.05, 4.69) is 13.8 Å². The Morgan fingerprint density at radius 1 is 0.429 bits per heavy atom. The van der Waals surface area contributed by atoms with Crippen LogP contribution in [0.3, 0.4) is 0 Å². The van der Waals surface area contributed by atoms with Gasteiger partial charge in [0, 0.05) is 0 Å². The van der Waals surface area contributed by atoms with Crippen molar-refractivity contribution in [1.29, 1.82) is 0 Å². The van der Waals surface area contributed by atoms with Gasteiger partial charge < -0.3 is 0 Å². The molecule has 0 unspecified atom stereocenters. The Hall–Kier alpha value is 0. The summed E-state index contributed by atoms with van der Waals surface area (Å²) in [5.41, 5.74) is 0. The Bertz CT molecular complexity index is 0. The number of hydrogen-bond acceptors (Lipinski definition) is 0. The molecule has 0 aliphatic rings. The first-order chi connectivity index (χ1) is 6.41. The summed E-state index contributed by atoms with van der Waals surface area (Å²) < 4.78 is 0. The van der Waals surface area contributed by atoms with Crippen LogP contribution < -0.4 is 0 Å². The van der Waals surface area contributed by atoms with E-state index >= 15 is 0 Å². The highest BCUT2D eigenvalue weighted by Gasteiger charge is 1.35. The maximum absolute atomic E-state index is 2.12. The highest BCUT2D eigenvalue weighted by atomic mass is 13.4. The summed E-state index contributed by atoms with van der Waals surface area (Å²) >= 11 is 0. The molecule has 0 saturated heterocycles. The van der Waals surface area contributed by atoms with Crippen molar-refractivity contribution >= 4 is 0 Å². The van der Waals surface area contributed by atoms with Gasteiger partial charge in [0.15, 0.2) is 0 Å². The van der Waals surface area contributed by atoms with Gasteiger partial charge in [0.25, 0.3) is 0 Å². The highest BCUT2D eigenvalue weighted by Crippen LogP contribution is 1.56. The first-order valence-electron chi connectivity index (χ1n) is 6.41. The fourth-order valence-electron chi connectivity index (χ4n) is 0. The molecule has 0 aromatic heterocycles. The molecule has 0 N–H and O–H groups in total. The topological polar surface area (TPSA) is 0 Å². The van der Waals surface area contributed by atoms with E-state index < -0.39 is 0 Å². The van der Waals surface area contributed by atoms with Crippen molar-refractivity contribution in [3.63, 3.8) is 0 Å². The molecule has 0 aromatic carbocycles. The SMILES string of the molecule is C.CC.CC.CC.CC.CC.CCC. The number of hydrogen-bond donors (Lipinski definition) is 0. The molecule has 0 aliphatic heterocycles. The second-order valence-corrected chi connectivity index (χ2v) is 0.707. The highest BCUT2D eigenvalue weighted by molar-refractivity contribution is 3.92. The first-order valence-corrected chi connectivity index (χ1v) is 6.41. The lowest BCUT2D eigenvalue weighted by molar-refractivity contribution is 1.09. The summed E-state index contributed by atoms with van der Waals surface area (Å²) in [6, 6.07) is 0. The lowest BCUT2D eigenvalue weighted by Gasteiger charge is -1.48. The zero-order chi connectivity index (χ0) is 12.7. The lowest BCUT2D eigenvalue weighted by atomic mass is 10.6. The van der Waals surface area contributed by atoms with Crippen molar-refractivity contribution in [2.75, 3.05) is 0 Å². The smallest absolute Gasteiger partial charge is 0.0590 e. The fraction of sp³-hybridized carbons (Fsp3) is 1.00. The largest absolute Gasteiger partial charge is 0.0776 e. The van der Waals surface area contributed by atoms with Crippen LogP contribution in [0.4, 0.5) is 0 Å². The standard InChI is InChI=1S/C3H8.5C2H6.CH4/c1-3-2;5*1-2;/h3H2,1-2H3;5*1-2H3;1H4. The molecule has 0 fully saturated rings. The summed E-state index contributed by atoms with van der Waals surface area (Å²) in [7, 11) is 0. The molecule has 0 radical (unpaired) electrons. The zero-order valence-electron chi connectivity index (χ0n) is 12.7. The third-order valence-electron chi connectivity index (χ3n) is 0. The van der Waals surface area contributed by atoms with E-state index in [9.17, 15) is 0 Å². The van der Waals surface area contributed by atoms with Crippen LogP contribution in [0.1, 0.15) is 96.9 Å². The molecule has 14 heavy (non-hydrogen) atoms. The van der Waals surface area contributed by atoms with Crippen molar-refractivity contribution in [3.8, 4) is 0 Å². The molecule has 0 spiro atoms. The summed E-state index contributed by atoms with van der Waals surface area (Å²) in [5.74, 6) is 0. The molecule has 0 aromatic rings. The van der Waals surface area contributed by atoms with Gasteiger partial charge in [-0.2, -0.15) is 0 Å². The second kappa shape index (κ2) is 1870. The van der Waals surface area contributed by atoms with Crippen LogP contribution >= 0.6 is 0 Å². The molecule has 0 saturated carbocycles. The monoisotopic (exact) mass is 210 g/mol. The minimum absolute atomic E-state index is 0. The van der Waals surface area contributed by atoms with Gasteiger partial charge in [-0.3, -0.25) is 0 Å². The van der Waals surface area contributed by atoms with Gasteiger partial charge in [0.1, 0.15) is 0 Å². The van der Waals surface area contributed by atoms with Crippen LogP contribution in [0.5, 0.6) is 0 Å². The molecule has 0 aliphatic carbocycles. The third-order valence-corrected chi connectivity index (χ3v) is 0. The van der Waals surface area contributed by atoms with E-state index in [4.69, 9.17) is 0 Å². The Labute approximate surface area is 97.5 Å². The summed E-state index contributed by atoms with van der Waals surface area (Å²) in [6.45, 7) is 24.2.